The topological polar surface area (TPSA) is 61.0 Å². The summed E-state index contributed by atoms with van der Waals surface area (Å²) in [5.41, 5.74) is 3.72. The molecule has 1 atom stereocenters. The minimum Gasteiger partial charge on any atom is -0.354 e. The van der Waals surface area contributed by atoms with Gasteiger partial charge in [-0.1, -0.05) is 18.2 Å². The van der Waals surface area contributed by atoms with Crippen LogP contribution in [0.4, 0.5) is 4.39 Å². The van der Waals surface area contributed by atoms with Crippen molar-refractivity contribution in [2.24, 2.45) is 0 Å². The number of fused-ring (bicyclic) bond motifs is 1. The summed E-state index contributed by atoms with van der Waals surface area (Å²) in [6, 6.07) is 11.7. The number of amides is 1. The smallest absolute Gasteiger partial charge is 0.241 e. The standard InChI is InChI=1S/C20H23FN4O/c1-13-7-8-16-17(11-13)24-18(23-16)9-10-22-20(26)19(25(2)3)14-5-4-6-15(21)12-14/h4-8,11-12,19H,9-10H2,1-3H3,(H,22,26)(H,23,24). The van der Waals surface area contributed by atoms with Crippen LogP contribution in [0.2, 0.25) is 0 Å². The SMILES string of the molecule is Cc1ccc2nc(CCNC(=O)C(c3cccc(F)c3)N(C)C)[nH]c2c1. The van der Waals surface area contributed by atoms with Gasteiger partial charge in [0.1, 0.15) is 17.7 Å². The van der Waals surface area contributed by atoms with Crippen molar-refractivity contribution in [1.82, 2.24) is 20.2 Å². The van der Waals surface area contributed by atoms with Crippen LogP contribution in [0.25, 0.3) is 11.0 Å². The fourth-order valence-electron chi connectivity index (χ4n) is 3.06. The lowest BCUT2D eigenvalue weighted by atomic mass is 10.1. The molecule has 6 heteroatoms. The highest BCUT2D eigenvalue weighted by Crippen LogP contribution is 2.19. The molecule has 0 aliphatic heterocycles. The highest BCUT2D eigenvalue weighted by Gasteiger charge is 2.23. The Morgan fingerprint density at radius 3 is 2.81 bits per heavy atom. The number of carbonyl (C=O) groups excluding carboxylic acids is 1. The number of hydrogen-bond donors (Lipinski definition) is 2. The number of likely N-dealkylation sites (N-methyl/N-ethyl adjacent to an activating group) is 1. The fourth-order valence-corrected chi connectivity index (χ4v) is 3.06. The monoisotopic (exact) mass is 354 g/mol. The molecule has 1 unspecified atom stereocenters. The third kappa shape index (κ3) is 4.08. The summed E-state index contributed by atoms with van der Waals surface area (Å²) in [5.74, 6) is 0.324. The number of nitrogens with zero attached hydrogens (tertiary/aromatic N) is 2. The van der Waals surface area contributed by atoms with Gasteiger partial charge in [-0.3, -0.25) is 9.69 Å². The lowest BCUT2D eigenvalue weighted by Crippen LogP contribution is -2.38. The van der Waals surface area contributed by atoms with E-state index in [-0.39, 0.29) is 11.7 Å². The van der Waals surface area contributed by atoms with Crippen molar-refractivity contribution in [3.05, 3.63) is 65.2 Å². The Hall–Kier alpha value is -2.73. The molecule has 0 radical (unpaired) electrons. The molecule has 0 spiro atoms. The number of aryl methyl sites for hydroxylation is 1. The van der Waals surface area contributed by atoms with Crippen molar-refractivity contribution in [3.63, 3.8) is 0 Å². The second-order valence-corrected chi connectivity index (χ2v) is 6.67. The van der Waals surface area contributed by atoms with E-state index in [0.717, 1.165) is 16.9 Å². The van der Waals surface area contributed by atoms with Gasteiger partial charge in [0.25, 0.3) is 0 Å². The summed E-state index contributed by atoms with van der Waals surface area (Å²) in [6.45, 7) is 2.49. The highest BCUT2D eigenvalue weighted by molar-refractivity contribution is 5.83. The summed E-state index contributed by atoms with van der Waals surface area (Å²) in [4.78, 5) is 22.2. The Labute approximate surface area is 152 Å². The zero-order valence-electron chi connectivity index (χ0n) is 15.2. The van der Waals surface area contributed by atoms with Gasteiger partial charge in [0.05, 0.1) is 11.0 Å². The van der Waals surface area contributed by atoms with Crippen molar-refractivity contribution in [3.8, 4) is 0 Å². The van der Waals surface area contributed by atoms with E-state index in [9.17, 15) is 9.18 Å². The van der Waals surface area contributed by atoms with Gasteiger partial charge in [0.15, 0.2) is 0 Å². The van der Waals surface area contributed by atoms with Gasteiger partial charge >= 0.3 is 0 Å². The predicted molar refractivity (Wildman–Crippen MR) is 100 cm³/mol. The second kappa shape index (κ2) is 7.66. The van der Waals surface area contributed by atoms with E-state index in [0.29, 0.717) is 18.5 Å². The number of hydrogen-bond acceptors (Lipinski definition) is 3. The number of aromatic nitrogens is 2. The lowest BCUT2D eigenvalue weighted by molar-refractivity contribution is -0.125. The molecule has 26 heavy (non-hydrogen) atoms. The number of imidazole rings is 1. The molecule has 3 rings (SSSR count). The molecule has 1 heterocycles. The van der Waals surface area contributed by atoms with Gasteiger partial charge < -0.3 is 10.3 Å². The van der Waals surface area contributed by atoms with Crippen LogP contribution in [0, 0.1) is 12.7 Å². The summed E-state index contributed by atoms with van der Waals surface area (Å²) >= 11 is 0. The zero-order chi connectivity index (χ0) is 18.7. The molecule has 2 N–H and O–H groups in total. The van der Waals surface area contributed by atoms with Gasteiger partial charge in [0, 0.05) is 13.0 Å². The van der Waals surface area contributed by atoms with Crippen LogP contribution < -0.4 is 5.32 Å². The van der Waals surface area contributed by atoms with E-state index in [2.05, 4.69) is 21.4 Å². The van der Waals surface area contributed by atoms with Crippen LogP contribution in [-0.4, -0.2) is 41.4 Å². The average molecular weight is 354 g/mol. The minimum atomic E-state index is -0.538. The third-order valence-electron chi connectivity index (χ3n) is 4.28. The van der Waals surface area contributed by atoms with Crippen molar-refractivity contribution in [1.29, 1.82) is 0 Å². The van der Waals surface area contributed by atoms with Gasteiger partial charge in [-0.05, 0) is 56.4 Å². The first kappa shape index (κ1) is 18.1. The molecular formula is C20H23FN4O. The number of carbonyl (C=O) groups is 1. The van der Waals surface area contributed by atoms with E-state index in [1.165, 1.54) is 17.7 Å². The molecule has 0 saturated carbocycles. The zero-order valence-corrected chi connectivity index (χ0v) is 15.2. The van der Waals surface area contributed by atoms with E-state index in [4.69, 9.17) is 0 Å². The summed E-state index contributed by atoms with van der Waals surface area (Å²) < 4.78 is 13.5. The number of H-pyrrole nitrogens is 1. The molecule has 2 aromatic carbocycles. The highest BCUT2D eigenvalue weighted by atomic mass is 19.1. The molecule has 0 fully saturated rings. The molecule has 0 aliphatic carbocycles. The number of aromatic amines is 1. The summed E-state index contributed by atoms with van der Waals surface area (Å²) in [5, 5.41) is 2.92. The number of benzene rings is 2. The Balaban J connectivity index is 1.64. The first-order valence-corrected chi connectivity index (χ1v) is 8.59. The Bertz CT molecular complexity index is 919. The van der Waals surface area contributed by atoms with Gasteiger partial charge in [-0.25, -0.2) is 9.37 Å². The van der Waals surface area contributed by atoms with Crippen LogP contribution in [0.15, 0.2) is 42.5 Å². The van der Waals surface area contributed by atoms with Gasteiger partial charge in [-0.15, -0.1) is 0 Å². The van der Waals surface area contributed by atoms with Crippen molar-refractivity contribution in [2.75, 3.05) is 20.6 Å². The molecule has 0 saturated heterocycles. The Morgan fingerprint density at radius 2 is 2.08 bits per heavy atom. The Morgan fingerprint density at radius 1 is 1.27 bits per heavy atom. The maximum atomic E-state index is 13.5. The molecule has 0 bridgehead atoms. The number of halogens is 1. The molecule has 136 valence electrons. The van der Waals surface area contributed by atoms with Crippen molar-refractivity contribution in [2.45, 2.75) is 19.4 Å². The number of rotatable bonds is 6. The minimum absolute atomic E-state index is 0.160. The quantitative estimate of drug-likeness (QED) is 0.715. The molecule has 3 aromatic rings. The summed E-state index contributed by atoms with van der Waals surface area (Å²) in [7, 11) is 3.60. The summed E-state index contributed by atoms with van der Waals surface area (Å²) in [6.07, 6.45) is 0.600. The predicted octanol–water partition coefficient (Wildman–Crippen LogP) is 2.97. The molecular weight excluding hydrogens is 331 g/mol. The lowest BCUT2D eigenvalue weighted by Gasteiger charge is -2.23. The van der Waals surface area contributed by atoms with Gasteiger partial charge in [-0.2, -0.15) is 0 Å². The largest absolute Gasteiger partial charge is 0.354 e. The normalized spacial score (nSPS) is 12.5. The molecule has 1 aromatic heterocycles. The maximum Gasteiger partial charge on any atom is 0.241 e. The van der Waals surface area contributed by atoms with Crippen LogP contribution >= 0.6 is 0 Å². The molecule has 5 nitrogen and oxygen atoms in total. The third-order valence-corrected chi connectivity index (χ3v) is 4.28. The van der Waals surface area contributed by atoms with Crippen LogP contribution in [-0.2, 0) is 11.2 Å². The van der Waals surface area contributed by atoms with Crippen LogP contribution in [0.5, 0.6) is 0 Å². The van der Waals surface area contributed by atoms with E-state index < -0.39 is 6.04 Å². The van der Waals surface area contributed by atoms with Crippen LogP contribution in [0.3, 0.4) is 0 Å². The second-order valence-electron chi connectivity index (χ2n) is 6.67. The van der Waals surface area contributed by atoms with E-state index in [1.807, 2.05) is 19.1 Å². The Kier molecular flexibility index (Phi) is 5.32. The van der Waals surface area contributed by atoms with Crippen molar-refractivity contribution < 1.29 is 9.18 Å². The fraction of sp³-hybridized carbons (Fsp3) is 0.300. The molecule has 1 amide bonds. The van der Waals surface area contributed by atoms with Gasteiger partial charge in [0.2, 0.25) is 5.91 Å². The van der Waals surface area contributed by atoms with Crippen molar-refractivity contribution >= 4 is 16.9 Å². The maximum absolute atomic E-state index is 13.5. The first-order chi connectivity index (χ1) is 12.4. The number of nitrogens with one attached hydrogen (secondary N) is 2. The van der Waals surface area contributed by atoms with E-state index in [1.54, 1.807) is 31.1 Å². The van der Waals surface area contributed by atoms with Crippen LogP contribution in [0.1, 0.15) is 23.0 Å². The average Bonchev–Trinajstić information content (AvgIpc) is 2.96. The first-order valence-electron chi connectivity index (χ1n) is 8.59. The van der Waals surface area contributed by atoms with E-state index >= 15 is 0 Å². The molecule has 0 aliphatic rings.